The summed E-state index contributed by atoms with van der Waals surface area (Å²) < 4.78 is 39.1. The van der Waals surface area contributed by atoms with E-state index in [1.165, 1.54) is 12.1 Å². The number of hydrogen-bond acceptors (Lipinski definition) is 3. The number of aliphatic carboxylic acids is 1. The molecule has 6 nitrogen and oxygen atoms in total. The zero-order valence-corrected chi connectivity index (χ0v) is 13.7. The van der Waals surface area contributed by atoms with Gasteiger partial charge in [-0.15, -0.1) is 0 Å². The summed E-state index contributed by atoms with van der Waals surface area (Å²) in [7, 11) is 0. The monoisotopic (exact) mass is 370 g/mol. The normalized spacial score (nSPS) is 23.6. The Bertz CT molecular complexity index is 733. The van der Waals surface area contributed by atoms with Gasteiger partial charge in [0.15, 0.2) is 0 Å². The van der Waals surface area contributed by atoms with Crippen molar-refractivity contribution < 1.29 is 32.7 Å². The predicted octanol–water partition coefficient (Wildman–Crippen LogP) is 2.15. The quantitative estimate of drug-likeness (QED) is 0.884. The number of nitrogens with zero attached hydrogens (tertiary/aromatic N) is 2. The Morgan fingerprint density at radius 2 is 1.77 bits per heavy atom. The van der Waals surface area contributed by atoms with Gasteiger partial charge in [0, 0.05) is 37.3 Å². The van der Waals surface area contributed by atoms with Crippen LogP contribution in [0.4, 0.5) is 18.9 Å². The number of rotatable bonds is 3. The van der Waals surface area contributed by atoms with E-state index < -0.39 is 43.0 Å². The maximum atomic E-state index is 13.0. The van der Waals surface area contributed by atoms with Crippen molar-refractivity contribution in [2.75, 3.05) is 24.5 Å². The lowest BCUT2D eigenvalue weighted by atomic mass is 9.96. The van der Waals surface area contributed by atoms with Gasteiger partial charge in [-0.1, -0.05) is 0 Å². The van der Waals surface area contributed by atoms with Gasteiger partial charge in [0.05, 0.1) is 11.8 Å². The topological polar surface area (TPSA) is 77.9 Å². The van der Waals surface area contributed by atoms with E-state index in [9.17, 15) is 27.6 Å². The van der Waals surface area contributed by atoms with Crippen LogP contribution in [-0.2, 0) is 9.59 Å². The molecule has 0 unspecified atom stereocenters. The summed E-state index contributed by atoms with van der Waals surface area (Å²) >= 11 is 0. The van der Waals surface area contributed by atoms with Crippen molar-refractivity contribution in [1.29, 1.82) is 0 Å². The smallest absolute Gasteiger partial charge is 0.394 e. The van der Waals surface area contributed by atoms with Crippen LogP contribution in [0.3, 0.4) is 0 Å². The molecule has 9 heteroatoms. The number of halogens is 3. The Kier molecular flexibility index (Phi) is 4.64. The molecule has 0 aromatic heterocycles. The zero-order chi connectivity index (χ0) is 19.1. The molecule has 1 N–H and O–H groups in total. The number of amides is 2. The van der Waals surface area contributed by atoms with Crippen LogP contribution >= 0.6 is 0 Å². The first kappa shape index (κ1) is 18.2. The van der Waals surface area contributed by atoms with Crippen LogP contribution in [0.15, 0.2) is 24.3 Å². The number of carboxylic acid groups (broad SMARTS) is 1. The van der Waals surface area contributed by atoms with Gasteiger partial charge in [-0.2, -0.15) is 13.2 Å². The second kappa shape index (κ2) is 6.62. The number of benzene rings is 1. The van der Waals surface area contributed by atoms with Gasteiger partial charge in [-0.3, -0.25) is 14.4 Å². The third-order valence-electron chi connectivity index (χ3n) is 4.84. The summed E-state index contributed by atoms with van der Waals surface area (Å²) in [4.78, 5) is 37.8. The van der Waals surface area contributed by atoms with Crippen molar-refractivity contribution in [1.82, 2.24) is 4.90 Å². The van der Waals surface area contributed by atoms with Gasteiger partial charge in [-0.05, 0) is 30.7 Å². The highest BCUT2D eigenvalue weighted by Gasteiger charge is 2.53. The lowest BCUT2D eigenvalue weighted by molar-refractivity contribution is -0.187. The molecule has 2 saturated heterocycles. The van der Waals surface area contributed by atoms with Gasteiger partial charge in [0.1, 0.15) is 0 Å². The molecule has 1 aromatic carbocycles. The molecule has 2 heterocycles. The van der Waals surface area contributed by atoms with Crippen LogP contribution in [0.1, 0.15) is 23.2 Å². The second-order valence-corrected chi connectivity index (χ2v) is 6.50. The second-order valence-electron chi connectivity index (χ2n) is 6.50. The van der Waals surface area contributed by atoms with E-state index in [4.69, 9.17) is 5.11 Å². The summed E-state index contributed by atoms with van der Waals surface area (Å²) in [6.07, 6.45) is -3.47. The number of likely N-dealkylation sites (tertiary alicyclic amines) is 1. The molecule has 0 bridgehead atoms. The Morgan fingerprint density at radius 3 is 2.23 bits per heavy atom. The molecule has 0 saturated carbocycles. The van der Waals surface area contributed by atoms with Crippen molar-refractivity contribution >= 4 is 23.5 Å². The van der Waals surface area contributed by atoms with E-state index in [1.54, 1.807) is 17.0 Å². The Hall–Kier alpha value is -2.58. The van der Waals surface area contributed by atoms with Gasteiger partial charge in [0.2, 0.25) is 5.91 Å². The van der Waals surface area contributed by atoms with Gasteiger partial charge in [0.25, 0.3) is 5.91 Å². The summed E-state index contributed by atoms with van der Waals surface area (Å²) in [5, 5.41) is 9.02. The number of carbonyl (C=O) groups excluding carboxylic acids is 2. The Balaban J connectivity index is 1.75. The molecule has 2 fully saturated rings. The molecule has 2 aliphatic rings. The summed E-state index contributed by atoms with van der Waals surface area (Å²) in [6.45, 7) is -0.567. The van der Waals surface area contributed by atoms with Gasteiger partial charge in [-0.25, -0.2) is 0 Å². The van der Waals surface area contributed by atoms with Crippen LogP contribution in [0, 0.1) is 11.8 Å². The third-order valence-corrected chi connectivity index (χ3v) is 4.84. The summed E-state index contributed by atoms with van der Waals surface area (Å²) in [6, 6.07) is 6.03. The molecule has 2 aliphatic heterocycles. The van der Waals surface area contributed by atoms with Crippen molar-refractivity contribution in [3.05, 3.63) is 29.8 Å². The minimum absolute atomic E-state index is 0.0130. The van der Waals surface area contributed by atoms with Crippen LogP contribution in [-0.4, -0.2) is 53.6 Å². The molecule has 0 aliphatic carbocycles. The van der Waals surface area contributed by atoms with Crippen molar-refractivity contribution in [2.24, 2.45) is 11.8 Å². The highest BCUT2D eigenvalue weighted by molar-refractivity contribution is 5.98. The van der Waals surface area contributed by atoms with Crippen molar-refractivity contribution in [3.63, 3.8) is 0 Å². The number of carboxylic acids is 1. The van der Waals surface area contributed by atoms with Crippen LogP contribution in [0.25, 0.3) is 0 Å². The maximum absolute atomic E-state index is 13.0. The van der Waals surface area contributed by atoms with E-state index in [2.05, 4.69) is 0 Å². The molecular weight excluding hydrogens is 353 g/mol. The minimum atomic E-state index is -4.68. The first-order valence-corrected chi connectivity index (χ1v) is 8.17. The number of hydrogen-bond donors (Lipinski definition) is 1. The summed E-state index contributed by atoms with van der Waals surface area (Å²) in [5.41, 5.74) is 0.786. The van der Waals surface area contributed by atoms with E-state index >= 15 is 0 Å². The largest absolute Gasteiger partial charge is 0.481 e. The molecule has 0 spiro atoms. The number of carbonyl (C=O) groups is 3. The lowest BCUT2D eigenvalue weighted by Gasteiger charge is -2.19. The van der Waals surface area contributed by atoms with Crippen LogP contribution in [0.5, 0.6) is 0 Å². The fourth-order valence-electron chi connectivity index (χ4n) is 3.44. The average Bonchev–Trinajstić information content (AvgIpc) is 3.20. The van der Waals surface area contributed by atoms with E-state index in [0.29, 0.717) is 18.7 Å². The fourth-order valence-corrected chi connectivity index (χ4v) is 3.44. The maximum Gasteiger partial charge on any atom is 0.394 e. The first-order valence-electron chi connectivity index (χ1n) is 8.17. The van der Waals surface area contributed by atoms with Gasteiger partial charge < -0.3 is 14.9 Å². The average molecular weight is 370 g/mol. The molecule has 2 amide bonds. The highest BCUT2D eigenvalue weighted by Crippen LogP contribution is 2.38. The fraction of sp³-hybridized carbons (Fsp3) is 0.471. The zero-order valence-electron chi connectivity index (χ0n) is 13.7. The molecule has 26 heavy (non-hydrogen) atoms. The van der Waals surface area contributed by atoms with Crippen LogP contribution < -0.4 is 4.90 Å². The Morgan fingerprint density at radius 1 is 1.12 bits per heavy atom. The van der Waals surface area contributed by atoms with Gasteiger partial charge >= 0.3 is 12.1 Å². The van der Waals surface area contributed by atoms with Crippen molar-refractivity contribution in [3.8, 4) is 0 Å². The third kappa shape index (κ3) is 3.38. The van der Waals surface area contributed by atoms with E-state index in [1.807, 2.05) is 0 Å². The Labute approximate surface area is 147 Å². The number of alkyl halides is 3. The highest BCUT2D eigenvalue weighted by atomic mass is 19.4. The minimum Gasteiger partial charge on any atom is -0.481 e. The van der Waals surface area contributed by atoms with E-state index in [0.717, 1.165) is 11.3 Å². The molecule has 140 valence electrons. The van der Waals surface area contributed by atoms with Crippen LogP contribution in [0.2, 0.25) is 0 Å². The molecule has 3 rings (SSSR count). The summed E-state index contributed by atoms with van der Waals surface area (Å²) in [5.74, 6) is -5.97. The SMILES string of the molecule is O=C(O)[C@@H]1CN(C(=O)c2ccc(N3CCCC3=O)cc2)C[C@H]1C(F)(F)F. The molecule has 2 atom stereocenters. The first-order chi connectivity index (χ1) is 12.2. The predicted molar refractivity (Wildman–Crippen MR) is 84.6 cm³/mol. The molecule has 0 radical (unpaired) electrons. The molecular formula is C17H17F3N2O4. The van der Waals surface area contributed by atoms with Crippen molar-refractivity contribution in [2.45, 2.75) is 19.0 Å². The standard InChI is InChI=1S/C17H17F3N2O4/c18-17(19,20)13-9-21(8-12(13)16(25)26)15(24)10-3-5-11(6-4-10)22-7-1-2-14(22)23/h3-6,12-13H,1-2,7-9H2,(H,25,26)/t12-,13-/m1/s1. The lowest BCUT2D eigenvalue weighted by Crippen LogP contribution is -2.34. The number of anilines is 1. The molecule has 1 aromatic rings. The van der Waals surface area contributed by atoms with E-state index in [-0.39, 0.29) is 11.5 Å².